The molecule has 0 aliphatic rings. The molecule has 0 atom stereocenters. The van der Waals surface area contributed by atoms with E-state index in [1.807, 2.05) is 97.5 Å². The predicted octanol–water partition coefficient (Wildman–Crippen LogP) is 4.59. The molecule has 0 bridgehead atoms. The van der Waals surface area contributed by atoms with Crippen molar-refractivity contribution in [2.45, 2.75) is 12.1 Å². The van der Waals surface area contributed by atoms with Crippen molar-refractivity contribution in [3.8, 4) is 17.2 Å². The van der Waals surface area contributed by atoms with E-state index in [0.717, 1.165) is 0 Å². The quantitative estimate of drug-likeness (QED) is 0.467. The Labute approximate surface area is 144 Å². The van der Waals surface area contributed by atoms with Crippen molar-refractivity contribution in [2.75, 3.05) is 0 Å². The Morgan fingerprint density at radius 1 is 0.542 bits per heavy atom. The summed E-state index contributed by atoms with van der Waals surface area (Å²) in [6.07, 6.45) is 0. The lowest BCUT2D eigenvalue weighted by atomic mass is 10.3. The van der Waals surface area contributed by atoms with Crippen LogP contribution in [-0.4, -0.2) is 15.1 Å². The van der Waals surface area contributed by atoms with Crippen LogP contribution in [0, 0.1) is 0 Å². The van der Waals surface area contributed by atoms with Gasteiger partial charge in [0, 0.05) is 0 Å². The molecular weight excluding hydrogens is 316 g/mol. The molecule has 3 aromatic carbocycles. The van der Waals surface area contributed by atoms with Crippen LogP contribution in [-0.2, 0) is 0 Å². The van der Waals surface area contributed by atoms with E-state index >= 15 is 0 Å². The Bertz CT molecular complexity index is 631. The van der Waals surface area contributed by atoms with Gasteiger partial charge in [-0.25, -0.2) is 0 Å². The molecule has 0 saturated heterocycles. The summed E-state index contributed by atoms with van der Waals surface area (Å²) in [5.41, 5.74) is -1.22. The molecule has 4 heteroatoms. The lowest BCUT2D eigenvalue weighted by molar-refractivity contribution is -0.186. The van der Waals surface area contributed by atoms with E-state index in [0.29, 0.717) is 17.2 Å². The second kappa shape index (κ2) is 7.70. The smallest absolute Gasteiger partial charge is 0.374 e. The van der Waals surface area contributed by atoms with Gasteiger partial charge in [0.15, 0.2) is 0 Å². The van der Waals surface area contributed by atoms with E-state index < -0.39 is 5.60 Å². The van der Waals surface area contributed by atoms with Gasteiger partial charge in [-0.2, -0.15) is 0 Å². The van der Waals surface area contributed by atoms with Gasteiger partial charge in [-0.05, 0) is 36.4 Å². The third kappa shape index (κ3) is 4.17. The van der Waals surface area contributed by atoms with Crippen molar-refractivity contribution in [3.05, 3.63) is 91.0 Å². The maximum Gasteiger partial charge on any atom is 0.374 e. The van der Waals surface area contributed by atoms with Crippen molar-refractivity contribution >= 4 is 9.52 Å². The monoisotopic (exact) mass is 334 g/mol. The van der Waals surface area contributed by atoms with Crippen LogP contribution in [0.4, 0.5) is 0 Å². The summed E-state index contributed by atoms with van der Waals surface area (Å²) in [4.78, 5) is 0. The summed E-state index contributed by atoms with van der Waals surface area (Å²) in [6, 6.07) is 28.7. The van der Waals surface area contributed by atoms with Crippen LogP contribution in [0.25, 0.3) is 0 Å². The lowest BCUT2D eigenvalue weighted by Crippen LogP contribution is -2.52. The topological polar surface area (TPSA) is 27.7 Å². The maximum absolute atomic E-state index is 6.13. The van der Waals surface area contributed by atoms with Gasteiger partial charge in [-0.15, -0.1) is 0 Å². The molecule has 0 heterocycles. The number of hydrogen-bond donors (Lipinski definition) is 0. The second-order valence-electron chi connectivity index (χ2n) is 5.05. The highest BCUT2D eigenvalue weighted by molar-refractivity contribution is 6.36. The van der Waals surface area contributed by atoms with E-state index in [-0.39, 0.29) is 9.52 Å². The van der Waals surface area contributed by atoms with Gasteiger partial charge in [0.1, 0.15) is 17.2 Å². The lowest BCUT2D eigenvalue weighted by Gasteiger charge is -2.33. The van der Waals surface area contributed by atoms with E-state index in [1.54, 1.807) is 0 Å². The highest BCUT2D eigenvalue weighted by atomic mass is 28.2. The van der Waals surface area contributed by atoms with Gasteiger partial charge >= 0.3 is 5.60 Å². The molecule has 3 aromatic rings. The number of para-hydroxylation sites is 3. The number of rotatable bonds is 7. The van der Waals surface area contributed by atoms with E-state index in [9.17, 15) is 0 Å². The molecule has 0 spiro atoms. The summed E-state index contributed by atoms with van der Waals surface area (Å²) in [5.74, 6) is 2.08. The molecule has 0 fully saturated rings. The minimum atomic E-state index is -1.22. The minimum absolute atomic E-state index is 0.229. The van der Waals surface area contributed by atoms with Gasteiger partial charge in [-0.3, -0.25) is 0 Å². The number of hydrogen-bond acceptors (Lipinski definition) is 3. The molecule has 0 N–H and O–H groups in total. The molecule has 0 aliphatic carbocycles. The van der Waals surface area contributed by atoms with Gasteiger partial charge in [-0.1, -0.05) is 61.1 Å². The van der Waals surface area contributed by atoms with Crippen molar-refractivity contribution in [2.24, 2.45) is 0 Å². The van der Waals surface area contributed by atoms with E-state index in [1.165, 1.54) is 0 Å². The third-order valence-electron chi connectivity index (χ3n) is 3.29. The first-order chi connectivity index (χ1) is 11.8. The van der Waals surface area contributed by atoms with Crippen molar-refractivity contribution in [3.63, 3.8) is 0 Å². The fourth-order valence-corrected chi connectivity index (χ4v) is 2.81. The van der Waals surface area contributed by atoms with Crippen molar-refractivity contribution in [1.82, 2.24) is 0 Å². The zero-order chi connectivity index (χ0) is 16.7. The van der Waals surface area contributed by atoms with Crippen LogP contribution in [0.3, 0.4) is 0 Å². The van der Waals surface area contributed by atoms with Crippen LogP contribution in [0.1, 0.15) is 0 Å². The zero-order valence-electron chi connectivity index (χ0n) is 13.4. The first-order valence-electron chi connectivity index (χ1n) is 7.71. The molecule has 120 valence electrons. The number of benzene rings is 3. The van der Waals surface area contributed by atoms with Crippen molar-refractivity contribution < 1.29 is 14.2 Å². The predicted molar refractivity (Wildman–Crippen MR) is 95.6 cm³/mol. The minimum Gasteiger partial charge on any atom is -0.426 e. The molecule has 0 unspecified atom stereocenters. The Kier molecular flexibility index (Phi) is 5.18. The van der Waals surface area contributed by atoms with Gasteiger partial charge in [0.25, 0.3) is 0 Å². The Morgan fingerprint density at radius 2 is 0.833 bits per heavy atom. The van der Waals surface area contributed by atoms with Crippen LogP contribution < -0.4 is 14.2 Å². The maximum atomic E-state index is 6.13. The van der Waals surface area contributed by atoms with Crippen molar-refractivity contribution in [1.29, 1.82) is 0 Å². The summed E-state index contributed by atoms with van der Waals surface area (Å²) in [6.45, 7) is 1.99. The highest BCUT2D eigenvalue weighted by Crippen LogP contribution is 2.26. The standard InChI is InChI=1S/C20H18O3Si/c1-24-20(21-17-11-5-2-6-12-17,22-18-13-7-3-8-14-18)23-19-15-9-4-10-16-19/h2-16H,1H3. The first-order valence-corrected chi connectivity index (χ1v) is 9.21. The molecule has 0 saturated carbocycles. The average Bonchev–Trinajstić information content (AvgIpc) is 2.64. The molecule has 24 heavy (non-hydrogen) atoms. The summed E-state index contributed by atoms with van der Waals surface area (Å²) >= 11 is 0. The fourth-order valence-electron chi connectivity index (χ4n) is 2.15. The van der Waals surface area contributed by atoms with Crippen LogP contribution in [0.5, 0.6) is 17.2 Å². The molecule has 3 nitrogen and oxygen atoms in total. The highest BCUT2D eigenvalue weighted by Gasteiger charge is 2.36. The van der Waals surface area contributed by atoms with Gasteiger partial charge < -0.3 is 14.2 Å². The Hall–Kier alpha value is -2.72. The van der Waals surface area contributed by atoms with Crippen LogP contribution in [0.2, 0.25) is 6.55 Å². The van der Waals surface area contributed by atoms with Gasteiger partial charge in [0.2, 0.25) is 9.52 Å². The third-order valence-corrected chi connectivity index (χ3v) is 4.21. The molecule has 3 rings (SSSR count). The average molecular weight is 334 g/mol. The fraction of sp³-hybridized carbons (Fsp3) is 0.100. The van der Waals surface area contributed by atoms with Gasteiger partial charge in [0.05, 0.1) is 0 Å². The molecule has 0 aliphatic heterocycles. The molecule has 2 radical (unpaired) electrons. The Morgan fingerprint density at radius 3 is 1.08 bits per heavy atom. The second-order valence-corrected chi connectivity index (χ2v) is 6.16. The van der Waals surface area contributed by atoms with Crippen LogP contribution in [0.15, 0.2) is 91.0 Å². The number of ether oxygens (including phenoxy) is 3. The normalized spacial score (nSPS) is 10.9. The Balaban J connectivity index is 1.91. The van der Waals surface area contributed by atoms with Crippen LogP contribution >= 0.6 is 0 Å². The molecular formula is C20H18O3Si. The molecule has 0 aromatic heterocycles. The molecule has 0 amide bonds. The van der Waals surface area contributed by atoms with E-state index in [2.05, 4.69) is 0 Å². The summed E-state index contributed by atoms with van der Waals surface area (Å²) < 4.78 is 18.4. The zero-order valence-corrected chi connectivity index (χ0v) is 14.4. The first kappa shape index (κ1) is 16.1. The largest absolute Gasteiger partial charge is 0.426 e. The van der Waals surface area contributed by atoms with E-state index in [4.69, 9.17) is 14.2 Å². The SMILES string of the molecule is C[Si]C(Oc1ccccc1)(Oc1ccccc1)Oc1ccccc1. The summed E-state index contributed by atoms with van der Waals surface area (Å²) in [7, 11) is 0.229. The summed E-state index contributed by atoms with van der Waals surface area (Å²) in [5, 5.41) is 0.